The van der Waals surface area contributed by atoms with Crippen LogP contribution < -0.4 is 21.0 Å². The van der Waals surface area contributed by atoms with Gasteiger partial charge in [0.15, 0.2) is 0 Å². The number of methoxy groups -OCH3 is 1. The Morgan fingerprint density at radius 3 is 2.27 bits per heavy atom. The van der Waals surface area contributed by atoms with Crippen molar-refractivity contribution < 1.29 is 23.5 Å². The highest BCUT2D eigenvalue weighted by atomic mass is 19.1. The van der Waals surface area contributed by atoms with Crippen LogP contribution in [0.25, 0.3) is 12.0 Å². The number of carbonyl (C=O) groups is 1. The van der Waals surface area contributed by atoms with E-state index in [0.717, 1.165) is 14.3 Å². The summed E-state index contributed by atoms with van der Waals surface area (Å²) in [7, 11) is 2.76. The number of amides is 1. The van der Waals surface area contributed by atoms with Crippen LogP contribution >= 0.6 is 0 Å². The van der Waals surface area contributed by atoms with Crippen LogP contribution in [0.3, 0.4) is 0 Å². The van der Waals surface area contributed by atoms with Gasteiger partial charge in [-0.3, -0.25) is 14.2 Å². The molecule has 10 nitrogen and oxygen atoms in total. The van der Waals surface area contributed by atoms with Gasteiger partial charge in [-0.1, -0.05) is 19.0 Å². The normalized spacial score (nSPS) is 12.4. The lowest BCUT2D eigenvalue weighted by atomic mass is 10.1. The monoisotopic (exact) mass is 518 g/mol. The largest absolute Gasteiger partial charge is 0.496 e. The Balaban J connectivity index is 2.94. The molecule has 0 aliphatic heterocycles. The molecule has 1 aromatic heterocycles. The van der Waals surface area contributed by atoms with Crippen molar-refractivity contribution in [2.75, 3.05) is 19.2 Å². The molecule has 0 fully saturated rings. The summed E-state index contributed by atoms with van der Waals surface area (Å²) in [4.78, 5) is 44.9. The van der Waals surface area contributed by atoms with Gasteiger partial charge in [0.05, 0.1) is 36.3 Å². The van der Waals surface area contributed by atoms with E-state index in [4.69, 9.17) is 14.3 Å². The molecular weight excluding hydrogens is 483 g/mol. The highest BCUT2D eigenvalue weighted by Gasteiger charge is 2.23. The summed E-state index contributed by atoms with van der Waals surface area (Å²) in [6.45, 7) is 11.9. The molecule has 2 rings (SSSR count). The van der Waals surface area contributed by atoms with E-state index in [-0.39, 0.29) is 34.8 Å². The molecule has 0 unspecified atom stereocenters. The molecule has 0 N–H and O–H groups in total. The first-order valence-electron chi connectivity index (χ1n) is 11.9. The zero-order valence-electron chi connectivity index (χ0n) is 22.7. The molecule has 202 valence electrons. The minimum atomic E-state index is -0.844. The number of ether oxygens (including phenoxy) is 2. The van der Waals surface area contributed by atoms with Crippen LogP contribution in [0.5, 0.6) is 5.75 Å². The van der Waals surface area contributed by atoms with E-state index in [1.165, 1.54) is 44.8 Å². The zero-order valence-corrected chi connectivity index (χ0v) is 22.7. The second-order valence-electron chi connectivity index (χ2n) is 9.20. The molecule has 0 saturated heterocycles. The maximum atomic E-state index is 14.2. The van der Waals surface area contributed by atoms with E-state index >= 15 is 0 Å². The number of benzene rings is 1. The Morgan fingerprint density at radius 1 is 1.08 bits per heavy atom. The quantitative estimate of drug-likeness (QED) is 0.271. The van der Waals surface area contributed by atoms with Crippen molar-refractivity contribution in [1.29, 1.82) is 0 Å². The lowest BCUT2D eigenvalue weighted by Crippen LogP contribution is -2.54. The van der Waals surface area contributed by atoms with E-state index in [2.05, 4.69) is 5.16 Å². The van der Waals surface area contributed by atoms with Gasteiger partial charge in [0.25, 0.3) is 5.56 Å². The Kier molecular flexibility index (Phi) is 9.81. The lowest BCUT2D eigenvalue weighted by Gasteiger charge is -2.22. The van der Waals surface area contributed by atoms with Crippen LogP contribution in [-0.2, 0) is 14.4 Å². The Morgan fingerprint density at radius 2 is 1.73 bits per heavy atom. The van der Waals surface area contributed by atoms with Crippen molar-refractivity contribution in [2.24, 2.45) is 11.1 Å². The first-order chi connectivity index (χ1) is 17.3. The van der Waals surface area contributed by atoms with Crippen LogP contribution in [0.2, 0.25) is 0 Å². The van der Waals surface area contributed by atoms with E-state index in [0.29, 0.717) is 5.75 Å². The third-order valence-electron chi connectivity index (χ3n) is 5.04. The molecule has 1 heterocycles. The third-order valence-corrected chi connectivity index (χ3v) is 5.04. The highest BCUT2D eigenvalue weighted by Crippen LogP contribution is 2.29. The average molecular weight is 519 g/mol. The van der Waals surface area contributed by atoms with Crippen molar-refractivity contribution in [2.45, 2.75) is 60.7 Å². The van der Waals surface area contributed by atoms with Crippen LogP contribution in [-0.4, -0.2) is 47.2 Å². The number of carbonyl (C=O) groups excluding carboxylic acids is 1. The SMILES string of the molecule is COc1ccc(F)cc1/C(=C/n1cc(/C(C)=N/OC(C)C)c(=O)n(N(C)C(=O)C(C)C)c1=O)OC(C)C. The molecule has 0 saturated carbocycles. The van der Waals surface area contributed by atoms with Crippen molar-refractivity contribution >= 4 is 23.6 Å². The smallest absolute Gasteiger partial charge is 0.354 e. The van der Waals surface area contributed by atoms with Crippen molar-refractivity contribution in [1.82, 2.24) is 9.24 Å². The van der Waals surface area contributed by atoms with Gasteiger partial charge in [0.2, 0.25) is 5.91 Å². The summed E-state index contributed by atoms with van der Waals surface area (Å²) in [6, 6.07) is 3.89. The predicted octanol–water partition coefficient (Wildman–Crippen LogP) is 3.44. The molecule has 0 spiro atoms. The Hall–Kier alpha value is -3.89. The summed E-state index contributed by atoms with van der Waals surface area (Å²) in [6.07, 6.45) is 1.98. The van der Waals surface area contributed by atoms with Crippen molar-refractivity contribution in [3.05, 3.63) is 62.2 Å². The second-order valence-corrected chi connectivity index (χ2v) is 9.20. The lowest BCUT2D eigenvalue weighted by molar-refractivity contribution is -0.122. The van der Waals surface area contributed by atoms with E-state index in [9.17, 15) is 18.8 Å². The van der Waals surface area contributed by atoms with Gasteiger partial charge < -0.3 is 14.3 Å². The van der Waals surface area contributed by atoms with Gasteiger partial charge >= 0.3 is 5.69 Å². The molecule has 0 aliphatic carbocycles. The van der Waals surface area contributed by atoms with Gasteiger partial charge in [0.1, 0.15) is 23.4 Å². The van der Waals surface area contributed by atoms with Gasteiger partial charge in [-0.15, -0.1) is 0 Å². The fraction of sp³-hybridized carbons (Fsp3) is 0.462. The molecule has 0 aliphatic rings. The summed E-state index contributed by atoms with van der Waals surface area (Å²) < 4.78 is 27.3. The van der Waals surface area contributed by atoms with Crippen LogP contribution in [0.15, 0.2) is 39.1 Å². The first kappa shape index (κ1) is 29.3. The van der Waals surface area contributed by atoms with Gasteiger partial charge in [0, 0.05) is 19.2 Å². The average Bonchev–Trinajstić information content (AvgIpc) is 2.82. The standard InChI is InChI=1S/C26H35FN4O6/c1-15(2)24(32)29(8)31-25(33)21(18(7)28-37-17(5)6)13-30(26(31)34)14-23(36-16(3)4)20-12-19(27)10-11-22(20)35-9/h10-17H,1-9H3/b23-14-,28-18+. The molecule has 0 bridgehead atoms. The van der Waals surface area contributed by atoms with Crippen LogP contribution in [0.1, 0.15) is 59.6 Å². The summed E-state index contributed by atoms with van der Waals surface area (Å²) >= 11 is 0. The maximum absolute atomic E-state index is 14.2. The number of rotatable bonds is 10. The third kappa shape index (κ3) is 7.08. The van der Waals surface area contributed by atoms with Crippen molar-refractivity contribution in [3.63, 3.8) is 0 Å². The maximum Gasteiger partial charge on any atom is 0.354 e. The topological polar surface area (TPSA) is 104 Å². The zero-order chi connectivity index (χ0) is 28.0. The molecule has 1 aromatic carbocycles. The minimum Gasteiger partial charge on any atom is -0.496 e. The Labute approximate surface area is 215 Å². The molecule has 11 heteroatoms. The fourth-order valence-corrected chi connectivity index (χ4v) is 3.29. The number of hydrogen-bond acceptors (Lipinski definition) is 7. The van der Waals surface area contributed by atoms with E-state index in [1.807, 2.05) is 0 Å². The molecule has 0 radical (unpaired) electrons. The molecule has 0 atom stereocenters. The number of hydrogen-bond donors (Lipinski definition) is 0. The van der Waals surface area contributed by atoms with E-state index in [1.54, 1.807) is 48.5 Å². The minimum absolute atomic E-state index is 0.00927. The number of aromatic nitrogens is 2. The van der Waals surface area contributed by atoms with Gasteiger partial charge in [-0.2, -0.15) is 4.68 Å². The molecule has 37 heavy (non-hydrogen) atoms. The van der Waals surface area contributed by atoms with E-state index < -0.39 is 28.9 Å². The molecule has 1 amide bonds. The summed E-state index contributed by atoms with van der Waals surface area (Å²) in [5.74, 6) is -1.06. The Bertz CT molecular complexity index is 1310. The van der Waals surface area contributed by atoms with Crippen LogP contribution in [0.4, 0.5) is 4.39 Å². The number of nitrogens with zero attached hydrogens (tertiary/aromatic N) is 4. The van der Waals surface area contributed by atoms with Gasteiger partial charge in [-0.05, 0) is 52.8 Å². The second kappa shape index (κ2) is 12.4. The first-order valence-corrected chi connectivity index (χ1v) is 11.9. The van der Waals surface area contributed by atoms with Crippen molar-refractivity contribution in [3.8, 4) is 5.75 Å². The molecule has 2 aromatic rings. The van der Waals surface area contributed by atoms with Gasteiger partial charge in [-0.25, -0.2) is 14.2 Å². The van der Waals surface area contributed by atoms with Crippen LogP contribution in [0, 0.1) is 11.7 Å². The predicted molar refractivity (Wildman–Crippen MR) is 141 cm³/mol. The summed E-state index contributed by atoms with van der Waals surface area (Å²) in [5, 5.41) is 4.96. The summed E-state index contributed by atoms with van der Waals surface area (Å²) in [5.41, 5.74) is -1.15. The number of halogens is 1. The fourth-order valence-electron chi connectivity index (χ4n) is 3.29. The number of oxime groups is 1. The highest BCUT2D eigenvalue weighted by molar-refractivity contribution is 5.98. The molecular formula is C26H35FN4O6.